The second-order valence-electron chi connectivity index (χ2n) is 5.41. The molecule has 1 aromatic carbocycles. The van der Waals surface area contributed by atoms with Crippen LogP contribution in [-0.4, -0.2) is 11.6 Å². The van der Waals surface area contributed by atoms with Gasteiger partial charge in [-0.2, -0.15) is 0 Å². The topological polar surface area (TPSA) is 15.3 Å². The molecule has 0 radical (unpaired) electrons. The number of hydrogen-bond donors (Lipinski definition) is 1. The monoisotopic (exact) mass is 204 g/mol. The van der Waals surface area contributed by atoms with Crippen LogP contribution >= 0.6 is 0 Å². The lowest BCUT2D eigenvalue weighted by molar-refractivity contribution is 0.389. The van der Waals surface area contributed by atoms with Crippen molar-refractivity contribution in [2.24, 2.45) is 0 Å². The molecule has 1 aliphatic rings. The minimum atomic E-state index is 0.117. The van der Waals surface area contributed by atoms with Gasteiger partial charge in [0, 0.05) is 11.6 Å². The third kappa shape index (κ3) is 2.15. The average molecular weight is 204 g/mol. The zero-order valence-corrected chi connectivity index (χ0v) is 10.0. The predicted octanol–water partition coefficient (Wildman–Crippen LogP) is 2.74. The van der Waals surface area contributed by atoms with E-state index in [9.17, 15) is 0 Å². The summed E-state index contributed by atoms with van der Waals surface area (Å²) in [6, 6.07) is 9.18. The molecule has 0 amide bonds. The molecule has 0 bridgehead atoms. The van der Waals surface area contributed by atoms with Gasteiger partial charge in [-0.05, 0) is 45.7 Å². The van der Waals surface area contributed by atoms with Crippen LogP contribution in [0.4, 0.5) is 5.69 Å². The quantitative estimate of drug-likeness (QED) is 0.756. The Hall–Kier alpha value is -1.02. The van der Waals surface area contributed by atoms with E-state index in [1.54, 1.807) is 0 Å². The summed E-state index contributed by atoms with van der Waals surface area (Å²) < 4.78 is 0. The molecule has 1 atom stereocenters. The summed E-state index contributed by atoms with van der Waals surface area (Å²) in [7, 11) is 0. The summed E-state index contributed by atoms with van der Waals surface area (Å²) in [6.45, 7) is 8.85. The van der Waals surface area contributed by atoms with Gasteiger partial charge in [-0.25, -0.2) is 5.43 Å². The Morgan fingerprint density at radius 2 is 1.93 bits per heavy atom. The zero-order chi connectivity index (χ0) is 11.1. The molecule has 2 heteroatoms. The normalized spacial score (nSPS) is 20.5. The molecule has 0 saturated heterocycles. The molecule has 0 aliphatic carbocycles. The van der Waals surface area contributed by atoms with Crippen molar-refractivity contribution in [3.05, 3.63) is 29.8 Å². The molecule has 1 heterocycles. The number of hydrazine groups is 1. The van der Waals surface area contributed by atoms with Crippen LogP contribution in [0.3, 0.4) is 0 Å². The van der Waals surface area contributed by atoms with Crippen molar-refractivity contribution in [3.8, 4) is 0 Å². The number of benzene rings is 1. The first-order valence-electron chi connectivity index (χ1n) is 5.62. The summed E-state index contributed by atoms with van der Waals surface area (Å²) in [6.07, 6.45) is 1.14. The molecular formula is C13H20N2. The van der Waals surface area contributed by atoms with Gasteiger partial charge in [-0.15, -0.1) is 0 Å². The number of para-hydroxylation sites is 1. The molecular weight excluding hydrogens is 184 g/mol. The zero-order valence-electron chi connectivity index (χ0n) is 10.0. The van der Waals surface area contributed by atoms with Crippen LogP contribution in [0.25, 0.3) is 0 Å². The van der Waals surface area contributed by atoms with E-state index in [-0.39, 0.29) is 5.54 Å². The van der Waals surface area contributed by atoms with Crippen LogP contribution < -0.4 is 10.4 Å². The molecule has 82 valence electrons. The fourth-order valence-corrected chi connectivity index (χ4v) is 2.10. The van der Waals surface area contributed by atoms with E-state index >= 15 is 0 Å². The average Bonchev–Trinajstić information content (AvgIpc) is 2.41. The third-order valence-corrected chi connectivity index (χ3v) is 2.66. The Balaban J connectivity index is 2.26. The second kappa shape index (κ2) is 3.53. The van der Waals surface area contributed by atoms with Crippen molar-refractivity contribution < 1.29 is 0 Å². The summed E-state index contributed by atoms with van der Waals surface area (Å²) in [5.74, 6) is 0. The number of fused-ring (bicyclic) bond motifs is 1. The Labute approximate surface area is 92.3 Å². The standard InChI is InChI=1S/C13H20N2/c1-10-9-11-7-5-6-8-12(11)15(10)14-13(2,3)4/h5-8,10,14H,9H2,1-4H3. The lowest BCUT2D eigenvalue weighted by Gasteiger charge is -2.33. The first kappa shape index (κ1) is 10.5. The van der Waals surface area contributed by atoms with Crippen LogP contribution in [0.15, 0.2) is 24.3 Å². The molecule has 0 fully saturated rings. The van der Waals surface area contributed by atoms with E-state index in [0.717, 1.165) is 6.42 Å². The molecule has 2 rings (SSSR count). The Morgan fingerprint density at radius 1 is 1.27 bits per heavy atom. The maximum Gasteiger partial charge on any atom is 0.0555 e. The van der Waals surface area contributed by atoms with Gasteiger partial charge >= 0.3 is 0 Å². The van der Waals surface area contributed by atoms with Crippen LogP contribution in [0.2, 0.25) is 0 Å². The summed E-state index contributed by atoms with van der Waals surface area (Å²) >= 11 is 0. The molecule has 1 unspecified atom stereocenters. The predicted molar refractivity (Wildman–Crippen MR) is 65.0 cm³/mol. The number of nitrogens with one attached hydrogen (secondary N) is 1. The Bertz CT molecular complexity index is 352. The van der Waals surface area contributed by atoms with Crippen molar-refractivity contribution in [1.29, 1.82) is 0 Å². The number of rotatable bonds is 1. The summed E-state index contributed by atoms with van der Waals surface area (Å²) in [5, 5.41) is 2.30. The highest BCUT2D eigenvalue weighted by molar-refractivity contribution is 5.58. The van der Waals surface area contributed by atoms with Crippen molar-refractivity contribution >= 4 is 5.69 Å². The van der Waals surface area contributed by atoms with E-state index in [1.165, 1.54) is 11.3 Å². The largest absolute Gasteiger partial charge is 0.305 e. The second-order valence-corrected chi connectivity index (χ2v) is 5.41. The molecule has 0 spiro atoms. The molecule has 2 nitrogen and oxygen atoms in total. The fourth-order valence-electron chi connectivity index (χ4n) is 2.10. The van der Waals surface area contributed by atoms with Gasteiger partial charge in [0.2, 0.25) is 0 Å². The van der Waals surface area contributed by atoms with Gasteiger partial charge in [-0.1, -0.05) is 18.2 Å². The highest BCUT2D eigenvalue weighted by Crippen LogP contribution is 2.30. The van der Waals surface area contributed by atoms with E-state index in [1.807, 2.05) is 0 Å². The molecule has 0 saturated carbocycles. The minimum absolute atomic E-state index is 0.117. The maximum absolute atomic E-state index is 3.56. The number of anilines is 1. The summed E-state index contributed by atoms with van der Waals surface area (Å²) in [4.78, 5) is 0. The van der Waals surface area contributed by atoms with Gasteiger partial charge in [0.1, 0.15) is 0 Å². The SMILES string of the molecule is CC1Cc2ccccc2N1NC(C)(C)C. The molecule has 1 aliphatic heterocycles. The lowest BCUT2D eigenvalue weighted by Crippen LogP contribution is -2.51. The Kier molecular flexibility index (Phi) is 2.47. The third-order valence-electron chi connectivity index (χ3n) is 2.66. The molecule has 1 aromatic rings. The van der Waals surface area contributed by atoms with Crippen LogP contribution in [0.5, 0.6) is 0 Å². The van der Waals surface area contributed by atoms with Crippen molar-refractivity contribution in [1.82, 2.24) is 5.43 Å². The highest BCUT2D eigenvalue weighted by Gasteiger charge is 2.28. The van der Waals surface area contributed by atoms with Crippen molar-refractivity contribution in [2.45, 2.75) is 45.7 Å². The van der Waals surface area contributed by atoms with E-state index in [4.69, 9.17) is 0 Å². The smallest absolute Gasteiger partial charge is 0.0555 e. The minimum Gasteiger partial charge on any atom is -0.305 e. The highest BCUT2D eigenvalue weighted by atomic mass is 15.5. The van der Waals surface area contributed by atoms with Gasteiger partial charge < -0.3 is 5.01 Å². The molecule has 1 N–H and O–H groups in total. The van der Waals surface area contributed by atoms with Gasteiger partial charge in [0.05, 0.1) is 5.69 Å². The van der Waals surface area contributed by atoms with Crippen LogP contribution in [0, 0.1) is 0 Å². The summed E-state index contributed by atoms with van der Waals surface area (Å²) in [5.41, 5.74) is 6.45. The number of nitrogens with zero attached hydrogens (tertiary/aromatic N) is 1. The van der Waals surface area contributed by atoms with E-state index < -0.39 is 0 Å². The number of hydrogen-bond acceptors (Lipinski definition) is 2. The lowest BCUT2D eigenvalue weighted by atomic mass is 10.1. The fraction of sp³-hybridized carbons (Fsp3) is 0.538. The van der Waals surface area contributed by atoms with E-state index in [0.29, 0.717) is 6.04 Å². The van der Waals surface area contributed by atoms with Gasteiger partial charge in [0.15, 0.2) is 0 Å². The molecule has 0 aromatic heterocycles. The Morgan fingerprint density at radius 3 is 2.60 bits per heavy atom. The first-order valence-corrected chi connectivity index (χ1v) is 5.62. The van der Waals surface area contributed by atoms with E-state index in [2.05, 4.69) is 62.4 Å². The van der Waals surface area contributed by atoms with Crippen molar-refractivity contribution in [2.75, 3.05) is 5.01 Å². The van der Waals surface area contributed by atoms with Gasteiger partial charge in [0.25, 0.3) is 0 Å². The van der Waals surface area contributed by atoms with Crippen LogP contribution in [-0.2, 0) is 6.42 Å². The van der Waals surface area contributed by atoms with Crippen LogP contribution in [0.1, 0.15) is 33.3 Å². The molecule has 15 heavy (non-hydrogen) atoms. The van der Waals surface area contributed by atoms with Gasteiger partial charge in [-0.3, -0.25) is 0 Å². The first-order chi connectivity index (χ1) is 6.97. The maximum atomic E-state index is 3.56. The van der Waals surface area contributed by atoms with Crippen molar-refractivity contribution in [3.63, 3.8) is 0 Å².